The quantitative estimate of drug-likeness (QED) is 0.904. The fourth-order valence-corrected chi connectivity index (χ4v) is 3.01. The minimum Gasteiger partial charge on any atom is -0.481 e. The minimum atomic E-state index is -0.864. The van der Waals surface area contributed by atoms with Crippen LogP contribution in [-0.2, 0) is 11.3 Å². The van der Waals surface area contributed by atoms with Crippen LogP contribution in [0, 0.1) is 0 Å². The average Bonchev–Trinajstić information content (AvgIpc) is 2.70. The van der Waals surface area contributed by atoms with Crippen molar-refractivity contribution in [2.24, 2.45) is 0 Å². The molecule has 7 heteroatoms. The van der Waals surface area contributed by atoms with Crippen molar-refractivity contribution in [1.29, 1.82) is 0 Å². The first-order valence-electron chi connectivity index (χ1n) is 6.70. The summed E-state index contributed by atoms with van der Waals surface area (Å²) in [6, 6.07) is 3.40. The molecule has 1 aromatic heterocycles. The maximum atomic E-state index is 10.8. The van der Waals surface area contributed by atoms with Crippen molar-refractivity contribution in [3.63, 3.8) is 0 Å². The molecular weight excluding hydrogens is 315 g/mol. The van der Waals surface area contributed by atoms with E-state index in [0.717, 1.165) is 11.3 Å². The maximum Gasteiger partial charge on any atom is 0.305 e. The predicted octanol–water partition coefficient (Wildman–Crippen LogP) is 3.06. The zero-order chi connectivity index (χ0) is 15.1. The molecule has 5 nitrogen and oxygen atoms in total. The van der Waals surface area contributed by atoms with Gasteiger partial charge in [-0.3, -0.25) is 4.79 Å². The van der Waals surface area contributed by atoms with Crippen molar-refractivity contribution in [2.45, 2.75) is 37.8 Å². The Labute approximate surface area is 131 Å². The van der Waals surface area contributed by atoms with E-state index in [9.17, 15) is 9.90 Å². The van der Waals surface area contributed by atoms with Crippen LogP contribution in [0.2, 0.25) is 10.0 Å². The van der Waals surface area contributed by atoms with Crippen molar-refractivity contribution >= 4 is 40.2 Å². The number of halogens is 2. The highest BCUT2D eigenvalue weighted by Crippen LogP contribution is 2.38. The lowest BCUT2D eigenvalue weighted by atomic mass is 9.82. The number of carbonyl (C=O) groups is 1. The number of fused-ring (bicyclic) bond motifs is 1. The number of benzene rings is 1. The number of aliphatic carboxylic acids is 1. The third-order valence-corrected chi connectivity index (χ3v) is 4.57. The smallest absolute Gasteiger partial charge is 0.305 e. The van der Waals surface area contributed by atoms with Crippen LogP contribution in [0.3, 0.4) is 0 Å². The molecule has 0 bridgehead atoms. The first-order chi connectivity index (χ1) is 9.95. The second kappa shape index (κ2) is 5.48. The Kier molecular flexibility index (Phi) is 3.82. The highest BCUT2D eigenvalue weighted by atomic mass is 35.5. The van der Waals surface area contributed by atoms with E-state index in [1.54, 1.807) is 12.1 Å². The molecule has 0 saturated heterocycles. The molecule has 1 saturated carbocycles. The van der Waals surface area contributed by atoms with Crippen LogP contribution in [0.5, 0.6) is 0 Å². The minimum absolute atomic E-state index is 0.00792. The van der Waals surface area contributed by atoms with Gasteiger partial charge in [-0.25, -0.2) is 4.98 Å². The Morgan fingerprint density at radius 2 is 2.00 bits per heavy atom. The number of aliphatic hydroxyl groups is 1. The Hall–Kier alpha value is -1.30. The molecule has 0 radical (unpaired) electrons. The molecular formula is C14H14Cl2N2O3. The van der Waals surface area contributed by atoms with Gasteiger partial charge in [0.15, 0.2) is 0 Å². The lowest BCUT2D eigenvalue weighted by Gasteiger charge is -2.31. The van der Waals surface area contributed by atoms with Crippen LogP contribution in [0.4, 0.5) is 0 Å². The Morgan fingerprint density at radius 1 is 1.33 bits per heavy atom. The van der Waals surface area contributed by atoms with E-state index in [2.05, 4.69) is 4.98 Å². The van der Waals surface area contributed by atoms with Gasteiger partial charge < -0.3 is 14.8 Å². The maximum absolute atomic E-state index is 10.8. The number of imidazole rings is 1. The molecule has 0 atom stereocenters. The summed E-state index contributed by atoms with van der Waals surface area (Å²) in [5.41, 5.74) is 1.48. The Bertz CT molecular complexity index is 708. The predicted molar refractivity (Wildman–Crippen MR) is 80.0 cm³/mol. The number of carboxylic acid groups (broad SMARTS) is 1. The molecule has 1 aliphatic rings. The van der Waals surface area contributed by atoms with E-state index >= 15 is 0 Å². The van der Waals surface area contributed by atoms with Crippen LogP contribution in [0.25, 0.3) is 11.0 Å². The second-order valence-corrected chi connectivity index (χ2v) is 6.16. The molecule has 3 rings (SSSR count). The van der Waals surface area contributed by atoms with Gasteiger partial charge in [0.2, 0.25) is 0 Å². The van der Waals surface area contributed by atoms with E-state index in [0.29, 0.717) is 34.9 Å². The molecule has 1 fully saturated rings. The number of hydrogen-bond acceptors (Lipinski definition) is 3. The van der Waals surface area contributed by atoms with E-state index < -0.39 is 5.97 Å². The fourth-order valence-electron chi connectivity index (χ4n) is 2.69. The molecule has 0 spiro atoms. The van der Waals surface area contributed by atoms with Gasteiger partial charge in [0.05, 0.1) is 33.6 Å². The summed E-state index contributed by atoms with van der Waals surface area (Å²) in [4.78, 5) is 15.4. The van der Waals surface area contributed by atoms with Crippen LogP contribution >= 0.6 is 23.2 Å². The van der Waals surface area contributed by atoms with Crippen molar-refractivity contribution in [3.05, 3.63) is 28.0 Å². The average molecular weight is 329 g/mol. The SMILES string of the molecule is O=C(O)CCn1c(C2CC(O)C2)nc2cc(Cl)c(Cl)cc21. The van der Waals surface area contributed by atoms with Crippen molar-refractivity contribution in [2.75, 3.05) is 0 Å². The monoisotopic (exact) mass is 328 g/mol. The third-order valence-electron chi connectivity index (χ3n) is 3.85. The van der Waals surface area contributed by atoms with Gasteiger partial charge in [0, 0.05) is 12.5 Å². The summed E-state index contributed by atoms with van der Waals surface area (Å²) in [5, 5.41) is 19.2. The second-order valence-electron chi connectivity index (χ2n) is 5.34. The summed E-state index contributed by atoms with van der Waals surface area (Å²) < 4.78 is 1.88. The van der Waals surface area contributed by atoms with Gasteiger partial charge >= 0.3 is 5.97 Å². The van der Waals surface area contributed by atoms with E-state index in [1.807, 2.05) is 4.57 Å². The van der Waals surface area contributed by atoms with Crippen LogP contribution < -0.4 is 0 Å². The number of aromatic nitrogens is 2. The molecule has 2 aromatic rings. The molecule has 21 heavy (non-hydrogen) atoms. The molecule has 0 amide bonds. The molecule has 1 heterocycles. The van der Waals surface area contributed by atoms with Crippen LogP contribution in [0.15, 0.2) is 12.1 Å². The molecule has 2 N–H and O–H groups in total. The number of hydrogen-bond donors (Lipinski definition) is 2. The zero-order valence-corrected chi connectivity index (χ0v) is 12.6. The highest BCUT2D eigenvalue weighted by Gasteiger charge is 2.32. The Balaban J connectivity index is 2.06. The fraction of sp³-hybridized carbons (Fsp3) is 0.429. The van der Waals surface area contributed by atoms with Gasteiger partial charge in [0.25, 0.3) is 0 Å². The topological polar surface area (TPSA) is 75.3 Å². The third kappa shape index (κ3) is 2.73. The molecule has 1 aliphatic carbocycles. The number of aliphatic hydroxyl groups excluding tert-OH is 1. The normalized spacial score (nSPS) is 21.5. The van der Waals surface area contributed by atoms with E-state index in [4.69, 9.17) is 28.3 Å². The van der Waals surface area contributed by atoms with Crippen molar-refractivity contribution in [3.8, 4) is 0 Å². The standard InChI is InChI=1S/C14H14Cl2N2O3/c15-9-5-11-12(6-10(9)16)18(2-1-13(20)21)14(17-11)7-3-8(19)4-7/h5-8,19H,1-4H2,(H,20,21). The lowest BCUT2D eigenvalue weighted by Crippen LogP contribution is -2.29. The van der Waals surface area contributed by atoms with Crippen LogP contribution in [0.1, 0.15) is 31.0 Å². The number of carboxylic acids is 1. The summed E-state index contributed by atoms with van der Waals surface area (Å²) in [6.07, 6.45) is 1.01. The van der Waals surface area contributed by atoms with E-state index in [-0.39, 0.29) is 18.4 Å². The van der Waals surface area contributed by atoms with Crippen LogP contribution in [-0.4, -0.2) is 31.8 Å². The summed E-state index contributed by atoms with van der Waals surface area (Å²) >= 11 is 12.1. The summed E-state index contributed by atoms with van der Waals surface area (Å²) in [5.74, 6) is 0.0881. The van der Waals surface area contributed by atoms with Gasteiger partial charge in [-0.05, 0) is 25.0 Å². The van der Waals surface area contributed by atoms with Gasteiger partial charge in [-0.2, -0.15) is 0 Å². The number of rotatable bonds is 4. The zero-order valence-electron chi connectivity index (χ0n) is 11.1. The van der Waals surface area contributed by atoms with E-state index in [1.165, 1.54) is 0 Å². The number of aryl methyl sites for hydroxylation is 1. The lowest BCUT2D eigenvalue weighted by molar-refractivity contribution is -0.137. The van der Waals surface area contributed by atoms with Crippen molar-refractivity contribution < 1.29 is 15.0 Å². The molecule has 0 aliphatic heterocycles. The first kappa shape index (κ1) is 14.6. The number of nitrogens with zero attached hydrogens (tertiary/aromatic N) is 2. The van der Waals surface area contributed by atoms with Crippen molar-refractivity contribution in [1.82, 2.24) is 9.55 Å². The summed E-state index contributed by atoms with van der Waals surface area (Å²) in [7, 11) is 0. The molecule has 1 aromatic carbocycles. The summed E-state index contributed by atoms with van der Waals surface area (Å²) in [6.45, 7) is 0.325. The molecule has 0 unspecified atom stereocenters. The highest BCUT2D eigenvalue weighted by molar-refractivity contribution is 6.42. The molecule has 112 valence electrons. The van der Waals surface area contributed by atoms with Gasteiger partial charge in [-0.15, -0.1) is 0 Å². The first-order valence-corrected chi connectivity index (χ1v) is 7.46. The van der Waals surface area contributed by atoms with Gasteiger partial charge in [-0.1, -0.05) is 23.2 Å². The largest absolute Gasteiger partial charge is 0.481 e. The Morgan fingerprint density at radius 3 is 2.62 bits per heavy atom. The van der Waals surface area contributed by atoms with Gasteiger partial charge in [0.1, 0.15) is 5.82 Å².